The third kappa shape index (κ3) is 1.58. The molecule has 0 spiro atoms. The zero-order chi connectivity index (χ0) is 9.97. The Hall–Kier alpha value is -1.51. The van der Waals surface area contributed by atoms with Gasteiger partial charge in [0.1, 0.15) is 11.8 Å². The molecule has 2 aromatic rings. The summed E-state index contributed by atoms with van der Waals surface area (Å²) in [6.07, 6.45) is 2.62. The third-order valence-corrected chi connectivity index (χ3v) is 2.59. The molecule has 0 aliphatic rings. The lowest BCUT2D eigenvalue weighted by Crippen LogP contribution is -1.93. The molecular formula is C11H13N3. The van der Waals surface area contributed by atoms with Gasteiger partial charge in [0.2, 0.25) is 0 Å². The van der Waals surface area contributed by atoms with Crippen molar-refractivity contribution in [3.63, 3.8) is 0 Å². The molecule has 0 aliphatic carbocycles. The van der Waals surface area contributed by atoms with E-state index in [0.29, 0.717) is 5.92 Å². The van der Waals surface area contributed by atoms with E-state index in [1.165, 1.54) is 11.9 Å². The predicted octanol–water partition coefficient (Wildman–Crippen LogP) is 2.54. The molecule has 14 heavy (non-hydrogen) atoms. The fourth-order valence-corrected chi connectivity index (χ4v) is 1.45. The number of fused-ring (bicyclic) bond motifs is 1. The molecule has 3 nitrogen and oxygen atoms in total. The molecule has 0 amide bonds. The molecule has 0 fully saturated rings. The van der Waals surface area contributed by atoms with E-state index >= 15 is 0 Å². The molecular weight excluding hydrogens is 174 g/mol. The second-order valence-corrected chi connectivity index (χ2v) is 3.52. The van der Waals surface area contributed by atoms with Crippen LogP contribution in [0, 0.1) is 0 Å². The van der Waals surface area contributed by atoms with Crippen molar-refractivity contribution in [2.24, 2.45) is 0 Å². The first kappa shape index (κ1) is 9.06. The van der Waals surface area contributed by atoms with Gasteiger partial charge in [-0.2, -0.15) is 0 Å². The van der Waals surface area contributed by atoms with Crippen LogP contribution < -0.4 is 0 Å². The Kier molecular flexibility index (Phi) is 2.39. The summed E-state index contributed by atoms with van der Waals surface area (Å²) in [5.74, 6) is 0.571. The van der Waals surface area contributed by atoms with Gasteiger partial charge in [0, 0.05) is 0 Å². The molecule has 1 heterocycles. The van der Waals surface area contributed by atoms with E-state index in [1.54, 1.807) is 0 Å². The van der Waals surface area contributed by atoms with Crippen LogP contribution >= 0.6 is 0 Å². The molecule has 1 aromatic heterocycles. The van der Waals surface area contributed by atoms with E-state index in [0.717, 1.165) is 17.5 Å². The van der Waals surface area contributed by atoms with Gasteiger partial charge in [-0.3, -0.25) is 0 Å². The largest absolute Gasteiger partial charge is 0.233 e. The molecule has 2 rings (SSSR count). The summed E-state index contributed by atoms with van der Waals surface area (Å²) in [4.78, 5) is 4.13. The number of benzene rings is 1. The first-order valence-corrected chi connectivity index (χ1v) is 4.88. The minimum absolute atomic E-state index is 0.571. The molecule has 0 saturated heterocycles. The Morgan fingerprint density at radius 2 is 2.14 bits per heavy atom. The number of hydrogen-bond donors (Lipinski definition) is 0. The average Bonchev–Trinajstić information content (AvgIpc) is 2.27. The maximum absolute atomic E-state index is 4.13. The van der Waals surface area contributed by atoms with E-state index in [1.807, 2.05) is 6.07 Å². The van der Waals surface area contributed by atoms with E-state index in [2.05, 4.69) is 41.2 Å². The quantitative estimate of drug-likeness (QED) is 0.725. The Morgan fingerprint density at radius 3 is 2.93 bits per heavy atom. The number of aromatic nitrogens is 3. The fraction of sp³-hybridized carbons (Fsp3) is 0.364. The molecule has 1 atom stereocenters. The molecule has 1 unspecified atom stereocenters. The molecule has 0 aliphatic heterocycles. The van der Waals surface area contributed by atoms with E-state index in [4.69, 9.17) is 0 Å². The monoisotopic (exact) mass is 187 g/mol. The van der Waals surface area contributed by atoms with Crippen LogP contribution in [-0.4, -0.2) is 15.2 Å². The van der Waals surface area contributed by atoms with Gasteiger partial charge in [-0.1, -0.05) is 19.9 Å². The average molecular weight is 187 g/mol. The van der Waals surface area contributed by atoms with E-state index in [-0.39, 0.29) is 0 Å². The van der Waals surface area contributed by atoms with Gasteiger partial charge in [-0.25, -0.2) is 4.98 Å². The lowest BCUT2D eigenvalue weighted by molar-refractivity contribution is 0.734. The first-order valence-electron chi connectivity index (χ1n) is 4.88. The van der Waals surface area contributed by atoms with Gasteiger partial charge >= 0.3 is 0 Å². The van der Waals surface area contributed by atoms with Gasteiger partial charge in [-0.05, 0) is 30.0 Å². The Bertz CT molecular complexity index is 439. The zero-order valence-corrected chi connectivity index (χ0v) is 8.44. The van der Waals surface area contributed by atoms with Crippen molar-refractivity contribution in [1.82, 2.24) is 15.2 Å². The van der Waals surface area contributed by atoms with Crippen LogP contribution in [0.3, 0.4) is 0 Å². The van der Waals surface area contributed by atoms with Crippen LogP contribution in [0.2, 0.25) is 0 Å². The molecule has 1 aromatic carbocycles. The summed E-state index contributed by atoms with van der Waals surface area (Å²) in [5.41, 5.74) is 3.10. The summed E-state index contributed by atoms with van der Waals surface area (Å²) in [6.45, 7) is 4.40. The van der Waals surface area contributed by atoms with Gasteiger partial charge in [0.05, 0.1) is 5.52 Å². The highest BCUT2D eigenvalue weighted by molar-refractivity contribution is 5.74. The highest BCUT2D eigenvalue weighted by atomic mass is 15.1. The summed E-state index contributed by atoms with van der Waals surface area (Å²) in [7, 11) is 0. The molecule has 0 bridgehead atoms. The van der Waals surface area contributed by atoms with Gasteiger partial charge in [0.25, 0.3) is 0 Å². The molecule has 0 N–H and O–H groups in total. The lowest BCUT2D eigenvalue weighted by Gasteiger charge is -2.08. The lowest BCUT2D eigenvalue weighted by atomic mass is 9.98. The molecule has 0 radical (unpaired) electrons. The van der Waals surface area contributed by atoms with Crippen LogP contribution in [0.5, 0.6) is 0 Å². The molecule has 3 heteroatoms. The highest BCUT2D eigenvalue weighted by Crippen LogP contribution is 2.20. The van der Waals surface area contributed by atoms with Gasteiger partial charge in [0.15, 0.2) is 0 Å². The van der Waals surface area contributed by atoms with E-state index in [9.17, 15) is 0 Å². The zero-order valence-electron chi connectivity index (χ0n) is 8.44. The summed E-state index contributed by atoms with van der Waals surface area (Å²) in [5, 5.41) is 7.82. The van der Waals surface area contributed by atoms with Crippen LogP contribution in [0.15, 0.2) is 24.5 Å². The SMILES string of the molecule is CCC(C)c1ccc2ncnnc2c1. The second-order valence-electron chi connectivity index (χ2n) is 3.52. The van der Waals surface area contributed by atoms with Crippen molar-refractivity contribution in [2.75, 3.05) is 0 Å². The fourth-order valence-electron chi connectivity index (χ4n) is 1.45. The van der Waals surface area contributed by atoms with Gasteiger partial charge < -0.3 is 0 Å². The summed E-state index contributed by atoms with van der Waals surface area (Å²) in [6, 6.07) is 6.19. The first-order chi connectivity index (χ1) is 6.81. The van der Waals surface area contributed by atoms with Crippen molar-refractivity contribution in [3.8, 4) is 0 Å². The summed E-state index contributed by atoms with van der Waals surface area (Å²) < 4.78 is 0. The topological polar surface area (TPSA) is 38.7 Å². The maximum atomic E-state index is 4.13. The smallest absolute Gasteiger partial charge is 0.138 e. The minimum atomic E-state index is 0.571. The van der Waals surface area contributed by atoms with Crippen LogP contribution in [-0.2, 0) is 0 Å². The Morgan fingerprint density at radius 1 is 1.29 bits per heavy atom. The predicted molar refractivity (Wildman–Crippen MR) is 56.0 cm³/mol. The van der Waals surface area contributed by atoms with Crippen LogP contribution in [0.25, 0.3) is 11.0 Å². The van der Waals surface area contributed by atoms with Crippen molar-refractivity contribution < 1.29 is 0 Å². The van der Waals surface area contributed by atoms with Gasteiger partial charge in [-0.15, -0.1) is 10.2 Å². The summed E-state index contributed by atoms with van der Waals surface area (Å²) >= 11 is 0. The van der Waals surface area contributed by atoms with Crippen molar-refractivity contribution >= 4 is 11.0 Å². The Balaban J connectivity index is 2.51. The second kappa shape index (κ2) is 3.70. The highest BCUT2D eigenvalue weighted by Gasteiger charge is 2.04. The maximum Gasteiger partial charge on any atom is 0.138 e. The standard InChI is InChI=1S/C11H13N3/c1-3-8(2)9-4-5-10-11(6-9)14-13-7-12-10/h4-8H,3H2,1-2H3. The van der Waals surface area contributed by atoms with Crippen molar-refractivity contribution in [2.45, 2.75) is 26.2 Å². The normalized spacial score (nSPS) is 13.0. The number of nitrogens with zero attached hydrogens (tertiary/aromatic N) is 3. The van der Waals surface area contributed by atoms with E-state index < -0.39 is 0 Å². The number of hydrogen-bond acceptors (Lipinski definition) is 3. The minimum Gasteiger partial charge on any atom is -0.233 e. The Labute approximate surface area is 83.2 Å². The van der Waals surface area contributed by atoms with Crippen LogP contribution in [0.1, 0.15) is 31.7 Å². The third-order valence-electron chi connectivity index (χ3n) is 2.59. The van der Waals surface area contributed by atoms with Crippen LogP contribution in [0.4, 0.5) is 0 Å². The molecule has 72 valence electrons. The van der Waals surface area contributed by atoms with Crippen molar-refractivity contribution in [1.29, 1.82) is 0 Å². The molecule has 0 saturated carbocycles. The number of rotatable bonds is 2. The van der Waals surface area contributed by atoms with Crippen molar-refractivity contribution in [3.05, 3.63) is 30.1 Å².